The lowest BCUT2D eigenvalue weighted by Crippen LogP contribution is -2.11. The molecule has 0 saturated carbocycles. The third kappa shape index (κ3) is 3.03. The molecular formula is C18H18N2O. The van der Waals surface area contributed by atoms with Crippen LogP contribution < -0.4 is 10.1 Å². The summed E-state index contributed by atoms with van der Waals surface area (Å²) < 4.78 is 5.89. The normalized spacial score (nSPS) is 12.3. The smallest absolute Gasteiger partial charge is 0.129 e. The first-order valence-electron chi connectivity index (χ1n) is 7.06. The number of fused-ring (bicyclic) bond motifs is 1. The number of benzene rings is 2. The Morgan fingerprint density at radius 2 is 1.76 bits per heavy atom. The van der Waals surface area contributed by atoms with Crippen LogP contribution >= 0.6 is 0 Å². The molecule has 0 saturated heterocycles. The average Bonchev–Trinajstić information content (AvgIpc) is 2.55. The fourth-order valence-corrected chi connectivity index (χ4v) is 2.24. The Morgan fingerprint density at radius 1 is 1.00 bits per heavy atom. The molecule has 3 heteroatoms. The lowest BCUT2D eigenvalue weighted by Gasteiger charge is -2.11. The molecule has 0 radical (unpaired) electrons. The molecule has 3 aromatic rings. The van der Waals surface area contributed by atoms with Gasteiger partial charge in [0.15, 0.2) is 0 Å². The molecule has 1 N–H and O–H groups in total. The Hall–Kier alpha value is -2.39. The third-order valence-corrected chi connectivity index (χ3v) is 3.63. The van der Waals surface area contributed by atoms with E-state index in [1.807, 2.05) is 49.5 Å². The molecule has 3 rings (SSSR count). The maximum absolute atomic E-state index is 5.89. The van der Waals surface area contributed by atoms with E-state index in [-0.39, 0.29) is 0 Å². The van der Waals surface area contributed by atoms with Gasteiger partial charge in [0.2, 0.25) is 0 Å². The summed E-state index contributed by atoms with van der Waals surface area (Å²) in [7, 11) is 1.96. The Morgan fingerprint density at radius 3 is 2.52 bits per heavy atom. The van der Waals surface area contributed by atoms with Crippen molar-refractivity contribution in [1.29, 1.82) is 0 Å². The van der Waals surface area contributed by atoms with Crippen LogP contribution in [0.2, 0.25) is 0 Å². The van der Waals surface area contributed by atoms with Crippen molar-refractivity contribution in [3.63, 3.8) is 0 Å². The van der Waals surface area contributed by atoms with Gasteiger partial charge in [0, 0.05) is 23.7 Å². The van der Waals surface area contributed by atoms with Crippen molar-refractivity contribution in [2.24, 2.45) is 0 Å². The number of ether oxygens (including phenoxy) is 1. The summed E-state index contributed by atoms with van der Waals surface area (Å²) in [5.74, 6) is 1.63. The van der Waals surface area contributed by atoms with E-state index >= 15 is 0 Å². The van der Waals surface area contributed by atoms with Crippen LogP contribution in [0.15, 0.2) is 60.8 Å². The lowest BCUT2D eigenvalue weighted by molar-refractivity contribution is 0.482. The summed E-state index contributed by atoms with van der Waals surface area (Å²) >= 11 is 0. The zero-order valence-corrected chi connectivity index (χ0v) is 12.2. The van der Waals surface area contributed by atoms with Crippen LogP contribution in [0.5, 0.6) is 11.5 Å². The van der Waals surface area contributed by atoms with E-state index in [9.17, 15) is 0 Å². The van der Waals surface area contributed by atoms with Crippen molar-refractivity contribution in [3.05, 3.63) is 66.4 Å². The Bertz CT molecular complexity index is 738. The highest BCUT2D eigenvalue weighted by Crippen LogP contribution is 2.25. The molecule has 3 nitrogen and oxygen atoms in total. The Labute approximate surface area is 124 Å². The van der Waals surface area contributed by atoms with Gasteiger partial charge in [-0.25, -0.2) is 0 Å². The largest absolute Gasteiger partial charge is 0.457 e. The molecule has 0 spiro atoms. The van der Waals surface area contributed by atoms with Gasteiger partial charge in [-0.15, -0.1) is 0 Å². The van der Waals surface area contributed by atoms with Crippen molar-refractivity contribution in [1.82, 2.24) is 10.3 Å². The van der Waals surface area contributed by atoms with Gasteiger partial charge in [-0.05, 0) is 49.9 Å². The first kappa shape index (κ1) is 13.6. The molecule has 21 heavy (non-hydrogen) atoms. The van der Waals surface area contributed by atoms with Crippen LogP contribution in [-0.4, -0.2) is 12.0 Å². The summed E-state index contributed by atoms with van der Waals surface area (Å²) in [6.45, 7) is 2.13. The van der Waals surface area contributed by atoms with Crippen molar-refractivity contribution in [3.8, 4) is 11.5 Å². The fraction of sp³-hybridized carbons (Fsp3) is 0.167. The van der Waals surface area contributed by atoms with Crippen LogP contribution in [0.1, 0.15) is 18.5 Å². The van der Waals surface area contributed by atoms with E-state index in [4.69, 9.17) is 4.74 Å². The summed E-state index contributed by atoms with van der Waals surface area (Å²) in [6.07, 6.45) is 1.79. The number of hydrogen-bond acceptors (Lipinski definition) is 3. The number of nitrogens with zero attached hydrogens (tertiary/aromatic N) is 1. The highest BCUT2D eigenvalue weighted by molar-refractivity contribution is 5.79. The fourth-order valence-electron chi connectivity index (χ4n) is 2.24. The number of pyridine rings is 1. The molecule has 0 aliphatic heterocycles. The molecule has 0 aliphatic carbocycles. The summed E-state index contributed by atoms with van der Waals surface area (Å²) in [5.41, 5.74) is 2.18. The first-order valence-corrected chi connectivity index (χ1v) is 7.06. The second-order valence-corrected chi connectivity index (χ2v) is 5.04. The van der Waals surface area contributed by atoms with Crippen molar-refractivity contribution in [2.45, 2.75) is 13.0 Å². The zero-order chi connectivity index (χ0) is 14.7. The van der Waals surface area contributed by atoms with Gasteiger partial charge in [0.05, 0.1) is 5.52 Å². The van der Waals surface area contributed by atoms with E-state index in [0.29, 0.717) is 6.04 Å². The summed E-state index contributed by atoms with van der Waals surface area (Å²) in [5, 5.41) is 4.34. The minimum atomic E-state index is 0.337. The summed E-state index contributed by atoms with van der Waals surface area (Å²) in [4.78, 5) is 4.34. The average molecular weight is 278 g/mol. The second kappa shape index (κ2) is 5.94. The molecule has 1 aromatic heterocycles. The number of nitrogens with one attached hydrogen (secondary N) is 1. The molecule has 0 bridgehead atoms. The molecule has 106 valence electrons. The SMILES string of the molecule is CNC(C)c1ccc(Oc2ccc3cccnc3c2)cc1. The van der Waals surface area contributed by atoms with Crippen molar-refractivity contribution in [2.75, 3.05) is 7.05 Å². The maximum Gasteiger partial charge on any atom is 0.129 e. The van der Waals surface area contributed by atoms with Gasteiger partial charge < -0.3 is 10.1 Å². The van der Waals surface area contributed by atoms with E-state index < -0.39 is 0 Å². The molecule has 0 amide bonds. The van der Waals surface area contributed by atoms with Gasteiger partial charge in [-0.2, -0.15) is 0 Å². The predicted octanol–water partition coefficient (Wildman–Crippen LogP) is 4.31. The molecule has 0 fully saturated rings. The van der Waals surface area contributed by atoms with E-state index in [2.05, 4.69) is 29.4 Å². The lowest BCUT2D eigenvalue weighted by atomic mass is 10.1. The number of rotatable bonds is 4. The van der Waals surface area contributed by atoms with E-state index in [0.717, 1.165) is 22.4 Å². The molecule has 0 aliphatic rings. The maximum atomic E-state index is 5.89. The van der Waals surface area contributed by atoms with Crippen LogP contribution in [0, 0.1) is 0 Å². The second-order valence-electron chi connectivity index (χ2n) is 5.04. The van der Waals surface area contributed by atoms with E-state index in [1.54, 1.807) is 6.20 Å². The minimum Gasteiger partial charge on any atom is -0.457 e. The first-order chi connectivity index (χ1) is 10.3. The zero-order valence-electron chi connectivity index (χ0n) is 12.2. The number of aromatic nitrogens is 1. The third-order valence-electron chi connectivity index (χ3n) is 3.63. The Balaban J connectivity index is 1.81. The Kier molecular flexibility index (Phi) is 3.84. The molecule has 1 heterocycles. The molecular weight excluding hydrogens is 260 g/mol. The predicted molar refractivity (Wildman–Crippen MR) is 85.7 cm³/mol. The summed E-state index contributed by atoms with van der Waals surface area (Å²) in [6, 6.07) is 18.4. The van der Waals surface area contributed by atoms with Crippen molar-refractivity contribution >= 4 is 10.9 Å². The number of hydrogen-bond donors (Lipinski definition) is 1. The van der Waals surface area contributed by atoms with Gasteiger partial charge >= 0.3 is 0 Å². The van der Waals surface area contributed by atoms with Crippen LogP contribution in [0.3, 0.4) is 0 Å². The standard InChI is InChI=1S/C18H18N2O/c1-13(19-2)14-5-8-16(9-6-14)21-17-10-7-15-4-3-11-20-18(15)12-17/h3-13,19H,1-2H3. The molecule has 2 aromatic carbocycles. The molecule has 1 atom stereocenters. The van der Waals surface area contributed by atoms with Gasteiger partial charge in [0.25, 0.3) is 0 Å². The minimum absolute atomic E-state index is 0.337. The highest BCUT2D eigenvalue weighted by atomic mass is 16.5. The quantitative estimate of drug-likeness (QED) is 0.772. The van der Waals surface area contributed by atoms with Crippen LogP contribution in [0.4, 0.5) is 0 Å². The van der Waals surface area contributed by atoms with Crippen LogP contribution in [-0.2, 0) is 0 Å². The highest BCUT2D eigenvalue weighted by Gasteiger charge is 2.04. The van der Waals surface area contributed by atoms with Crippen LogP contribution in [0.25, 0.3) is 10.9 Å². The van der Waals surface area contributed by atoms with E-state index in [1.165, 1.54) is 5.56 Å². The monoisotopic (exact) mass is 278 g/mol. The van der Waals surface area contributed by atoms with Crippen molar-refractivity contribution < 1.29 is 4.74 Å². The van der Waals surface area contributed by atoms with Gasteiger partial charge in [-0.3, -0.25) is 4.98 Å². The van der Waals surface area contributed by atoms with Gasteiger partial charge in [0.1, 0.15) is 11.5 Å². The topological polar surface area (TPSA) is 34.1 Å². The van der Waals surface area contributed by atoms with Gasteiger partial charge in [-0.1, -0.05) is 18.2 Å². The molecule has 1 unspecified atom stereocenters.